The summed E-state index contributed by atoms with van der Waals surface area (Å²) >= 11 is 0. The largest absolute Gasteiger partial charge is 0.381 e. The first-order valence-electron chi connectivity index (χ1n) is 6.17. The molecule has 1 aliphatic rings. The van der Waals surface area contributed by atoms with Crippen molar-refractivity contribution in [3.05, 3.63) is 12.0 Å². The maximum absolute atomic E-state index is 12.7. The van der Waals surface area contributed by atoms with Gasteiger partial charge >= 0.3 is 0 Å². The summed E-state index contributed by atoms with van der Waals surface area (Å²) in [6.45, 7) is 1.93. The predicted molar refractivity (Wildman–Crippen MR) is 67.0 cm³/mol. The molecule has 0 bridgehead atoms. The molecular formula is C11H18FN3O3S. The molecule has 19 heavy (non-hydrogen) atoms. The van der Waals surface area contributed by atoms with Crippen LogP contribution in [-0.4, -0.2) is 43.8 Å². The van der Waals surface area contributed by atoms with E-state index in [4.69, 9.17) is 4.74 Å². The summed E-state index contributed by atoms with van der Waals surface area (Å²) in [5.74, 6) is 0. The monoisotopic (exact) mass is 291 g/mol. The third-order valence-electron chi connectivity index (χ3n) is 3.41. The Bertz CT molecular complexity index is 518. The first-order valence-corrected chi connectivity index (χ1v) is 7.65. The average molecular weight is 291 g/mol. The molecule has 1 saturated heterocycles. The van der Waals surface area contributed by atoms with Crippen LogP contribution in [0.4, 0.5) is 4.39 Å². The zero-order valence-corrected chi connectivity index (χ0v) is 11.6. The maximum atomic E-state index is 12.7. The topological polar surface area (TPSA) is 84.1 Å². The van der Waals surface area contributed by atoms with Crippen molar-refractivity contribution in [2.45, 2.75) is 36.8 Å². The van der Waals surface area contributed by atoms with Gasteiger partial charge in [0.1, 0.15) is 0 Å². The van der Waals surface area contributed by atoms with Gasteiger partial charge in [0.25, 0.3) is 10.0 Å². The van der Waals surface area contributed by atoms with Crippen LogP contribution in [0.2, 0.25) is 0 Å². The average Bonchev–Trinajstić information content (AvgIpc) is 2.77. The Morgan fingerprint density at radius 3 is 2.74 bits per heavy atom. The lowest BCUT2D eigenvalue weighted by Gasteiger charge is -2.36. The SMILES string of the molecule is Cc1[nH]cnc1S(=O)(=O)NC1(CCF)CCOCC1. The normalized spacial score (nSPS) is 19.5. The highest BCUT2D eigenvalue weighted by atomic mass is 32.2. The smallest absolute Gasteiger partial charge is 0.260 e. The van der Waals surface area contributed by atoms with E-state index in [0.29, 0.717) is 31.7 Å². The molecule has 0 unspecified atom stereocenters. The number of sulfonamides is 1. The Hall–Kier alpha value is -0.990. The van der Waals surface area contributed by atoms with Crippen LogP contribution in [0.1, 0.15) is 25.0 Å². The lowest BCUT2D eigenvalue weighted by Crippen LogP contribution is -2.52. The second-order valence-electron chi connectivity index (χ2n) is 4.77. The molecule has 2 N–H and O–H groups in total. The van der Waals surface area contributed by atoms with Crippen molar-refractivity contribution in [2.75, 3.05) is 19.9 Å². The Labute approximate surface area is 111 Å². The molecule has 0 spiro atoms. The molecule has 1 aromatic heterocycles. The fraction of sp³-hybridized carbons (Fsp3) is 0.727. The van der Waals surface area contributed by atoms with E-state index >= 15 is 0 Å². The minimum atomic E-state index is -3.74. The number of aryl methyl sites for hydroxylation is 1. The first-order chi connectivity index (χ1) is 8.99. The molecule has 6 nitrogen and oxygen atoms in total. The standard InChI is InChI=1S/C11H18FN3O3S/c1-9-10(14-8-13-9)19(16,17)15-11(2-5-12)3-6-18-7-4-11/h8,15H,2-7H2,1H3,(H,13,14). The van der Waals surface area contributed by atoms with Gasteiger partial charge in [-0.1, -0.05) is 0 Å². The Kier molecular flexibility index (Phi) is 4.22. The van der Waals surface area contributed by atoms with Crippen molar-refractivity contribution in [1.29, 1.82) is 0 Å². The fourth-order valence-electron chi connectivity index (χ4n) is 2.30. The molecule has 8 heteroatoms. The molecule has 0 atom stereocenters. The van der Waals surface area contributed by atoms with Gasteiger partial charge in [-0.25, -0.2) is 18.1 Å². The highest BCUT2D eigenvalue weighted by molar-refractivity contribution is 7.89. The number of ether oxygens (including phenoxy) is 1. The molecule has 0 aliphatic carbocycles. The molecule has 1 aliphatic heterocycles. The van der Waals surface area contributed by atoms with E-state index in [1.165, 1.54) is 6.33 Å². The van der Waals surface area contributed by atoms with E-state index in [9.17, 15) is 12.8 Å². The summed E-state index contributed by atoms with van der Waals surface area (Å²) in [5.41, 5.74) is -0.299. The number of hydrogen-bond donors (Lipinski definition) is 2. The van der Waals surface area contributed by atoms with Gasteiger partial charge in [-0.15, -0.1) is 0 Å². The van der Waals surface area contributed by atoms with Crippen molar-refractivity contribution in [1.82, 2.24) is 14.7 Å². The molecule has 0 amide bonds. The molecule has 2 heterocycles. The number of halogens is 1. The second kappa shape index (κ2) is 5.56. The fourth-order valence-corrected chi connectivity index (χ4v) is 3.92. The van der Waals surface area contributed by atoms with Crippen LogP contribution in [0.3, 0.4) is 0 Å². The summed E-state index contributed by atoms with van der Waals surface area (Å²) in [6.07, 6.45) is 2.42. The number of nitrogens with zero attached hydrogens (tertiary/aromatic N) is 1. The van der Waals surface area contributed by atoms with Gasteiger partial charge in [0.15, 0.2) is 5.03 Å². The summed E-state index contributed by atoms with van der Waals surface area (Å²) in [4.78, 5) is 6.54. The number of alkyl halides is 1. The third-order valence-corrected chi connectivity index (χ3v) is 5.03. The summed E-state index contributed by atoms with van der Waals surface area (Å²) in [7, 11) is -3.74. The summed E-state index contributed by atoms with van der Waals surface area (Å²) in [6, 6.07) is 0. The quantitative estimate of drug-likeness (QED) is 0.844. The Balaban J connectivity index is 2.24. The predicted octanol–water partition coefficient (Wildman–Crippen LogP) is 0.905. The van der Waals surface area contributed by atoms with Crippen LogP contribution in [0.5, 0.6) is 0 Å². The minimum absolute atomic E-state index is 0.0303. The number of rotatable bonds is 5. The van der Waals surface area contributed by atoms with E-state index < -0.39 is 22.2 Å². The second-order valence-corrected chi connectivity index (χ2v) is 6.37. The lowest BCUT2D eigenvalue weighted by atomic mass is 9.88. The van der Waals surface area contributed by atoms with Gasteiger partial charge in [0.2, 0.25) is 0 Å². The molecular weight excluding hydrogens is 273 g/mol. The lowest BCUT2D eigenvalue weighted by molar-refractivity contribution is 0.0414. The van der Waals surface area contributed by atoms with E-state index in [-0.39, 0.29) is 11.4 Å². The zero-order valence-electron chi connectivity index (χ0n) is 10.8. The van der Waals surface area contributed by atoms with E-state index in [2.05, 4.69) is 14.7 Å². The summed E-state index contributed by atoms with van der Waals surface area (Å²) < 4.78 is 45.2. The van der Waals surface area contributed by atoms with Crippen LogP contribution in [0, 0.1) is 6.92 Å². The number of aromatic nitrogens is 2. The molecule has 108 valence electrons. The number of nitrogens with one attached hydrogen (secondary N) is 2. The van der Waals surface area contributed by atoms with Crippen LogP contribution in [-0.2, 0) is 14.8 Å². The van der Waals surface area contributed by atoms with Gasteiger partial charge < -0.3 is 9.72 Å². The van der Waals surface area contributed by atoms with Crippen molar-refractivity contribution < 1.29 is 17.5 Å². The molecule has 1 aromatic rings. The van der Waals surface area contributed by atoms with Crippen LogP contribution < -0.4 is 4.72 Å². The van der Waals surface area contributed by atoms with Crippen LogP contribution in [0.15, 0.2) is 11.4 Å². The first kappa shape index (κ1) is 14.4. The highest BCUT2D eigenvalue weighted by Crippen LogP contribution is 2.27. The van der Waals surface area contributed by atoms with E-state index in [0.717, 1.165) is 0 Å². The zero-order chi connectivity index (χ0) is 13.9. The van der Waals surface area contributed by atoms with Gasteiger partial charge in [-0.2, -0.15) is 0 Å². The number of hydrogen-bond acceptors (Lipinski definition) is 4. The highest BCUT2D eigenvalue weighted by Gasteiger charge is 2.37. The number of aromatic amines is 1. The van der Waals surface area contributed by atoms with E-state index in [1.54, 1.807) is 6.92 Å². The maximum Gasteiger partial charge on any atom is 0.260 e. The molecule has 1 fully saturated rings. The van der Waals surface area contributed by atoms with Crippen LogP contribution in [0.25, 0.3) is 0 Å². The Morgan fingerprint density at radius 2 is 2.21 bits per heavy atom. The number of imidazole rings is 1. The minimum Gasteiger partial charge on any atom is -0.381 e. The van der Waals surface area contributed by atoms with Gasteiger partial charge in [-0.3, -0.25) is 4.39 Å². The third kappa shape index (κ3) is 3.13. The van der Waals surface area contributed by atoms with Crippen molar-refractivity contribution >= 4 is 10.0 Å². The van der Waals surface area contributed by atoms with Crippen molar-refractivity contribution in [2.24, 2.45) is 0 Å². The van der Waals surface area contributed by atoms with Gasteiger partial charge in [0.05, 0.1) is 18.7 Å². The number of H-pyrrole nitrogens is 1. The van der Waals surface area contributed by atoms with E-state index in [1.807, 2.05) is 0 Å². The molecule has 0 saturated carbocycles. The van der Waals surface area contributed by atoms with Crippen LogP contribution >= 0.6 is 0 Å². The van der Waals surface area contributed by atoms with Crippen molar-refractivity contribution in [3.8, 4) is 0 Å². The molecule has 0 aromatic carbocycles. The van der Waals surface area contributed by atoms with Crippen molar-refractivity contribution in [3.63, 3.8) is 0 Å². The molecule has 2 rings (SSSR count). The molecule has 0 radical (unpaired) electrons. The van der Waals surface area contributed by atoms with Gasteiger partial charge in [-0.05, 0) is 26.2 Å². The van der Waals surface area contributed by atoms with Gasteiger partial charge in [0, 0.05) is 18.8 Å². The Morgan fingerprint density at radius 1 is 1.53 bits per heavy atom. The summed E-state index contributed by atoms with van der Waals surface area (Å²) in [5, 5.41) is -0.0303.